The topological polar surface area (TPSA) is 84.0 Å². The highest BCUT2D eigenvalue weighted by Crippen LogP contribution is 2.34. The van der Waals surface area contributed by atoms with Crippen LogP contribution in [-0.4, -0.2) is 97.3 Å². The summed E-state index contributed by atoms with van der Waals surface area (Å²) in [7, 11) is 0. The van der Waals surface area contributed by atoms with Crippen LogP contribution in [0.25, 0.3) is 0 Å². The number of urea groups is 2. The van der Waals surface area contributed by atoms with Crippen LogP contribution in [0.1, 0.15) is 27.7 Å². The monoisotopic (exact) mass is 374 g/mol. The third kappa shape index (κ3) is 4.03. The van der Waals surface area contributed by atoms with Crippen LogP contribution < -0.4 is 0 Å². The van der Waals surface area contributed by atoms with Crippen LogP contribution in [0.5, 0.6) is 0 Å². The van der Waals surface area contributed by atoms with E-state index in [9.17, 15) is 9.59 Å². The second-order valence-electron chi connectivity index (χ2n) is 5.76. The zero-order chi connectivity index (χ0) is 19.1. The van der Waals surface area contributed by atoms with Gasteiger partial charge >= 0.3 is 12.1 Å². The molecular formula is C16H30N4O6. The fourth-order valence-electron chi connectivity index (χ4n) is 3.05. The zero-order valence-corrected chi connectivity index (χ0v) is 16.0. The molecule has 2 fully saturated rings. The van der Waals surface area contributed by atoms with Crippen molar-refractivity contribution in [2.75, 3.05) is 53.4 Å². The SMILES string of the molecule is CCOCN1C(=O)N(COCC)C2C1N(COCC)C(=O)N2COCC. The lowest BCUT2D eigenvalue weighted by Gasteiger charge is -2.29. The Morgan fingerprint density at radius 1 is 0.577 bits per heavy atom. The van der Waals surface area contributed by atoms with Gasteiger partial charge in [-0.2, -0.15) is 0 Å². The maximum absolute atomic E-state index is 12.9. The molecule has 2 heterocycles. The molecule has 10 nitrogen and oxygen atoms in total. The molecular weight excluding hydrogens is 344 g/mol. The van der Waals surface area contributed by atoms with Gasteiger partial charge in [0.1, 0.15) is 26.9 Å². The summed E-state index contributed by atoms with van der Waals surface area (Å²) < 4.78 is 21.8. The predicted octanol–water partition coefficient (Wildman–Crippen LogP) is 1.09. The second kappa shape index (κ2) is 9.91. The molecule has 2 aliphatic heterocycles. The Bertz CT molecular complexity index is 402. The van der Waals surface area contributed by atoms with Gasteiger partial charge in [0, 0.05) is 26.4 Å². The van der Waals surface area contributed by atoms with Gasteiger partial charge < -0.3 is 18.9 Å². The van der Waals surface area contributed by atoms with Crippen molar-refractivity contribution in [3.8, 4) is 0 Å². The highest BCUT2D eigenvalue weighted by molar-refractivity contribution is 5.85. The van der Waals surface area contributed by atoms with Crippen molar-refractivity contribution in [2.24, 2.45) is 0 Å². The van der Waals surface area contributed by atoms with Gasteiger partial charge in [0.05, 0.1) is 0 Å². The Morgan fingerprint density at radius 2 is 0.808 bits per heavy atom. The Kier molecular flexibility index (Phi) is 7.88. The number of carbonyl (C=O) groups is 2. The number of rotatable bonds is 12. The maximum atomic E-state index is 12.9. The summed E-state index contributed by atoms with van der Waals surface area (Å²) in [6, 6.07) is -0.477. The first kappa shape index (κ1) is 20.7. The van der Waals surface area contributed by atoms with Crippen LogP contribution in [0, 0.1) is 0 Å². The Balaban J connectivity index is 2.31. The van der Waals surface area contributed by atoms with Crippen molar-refractivity contribution >= 4 is 12.1 Å². The molecule has 4 amide bonds. The van der Waals surface area contributed by atoms with Gasteiger partial charge in [0.2, 0.25) is 0 Å². The van der Waals surface area contributed by atoms with Gasteiger partial charge in [-0.15, -0.1) is 0 Å². The normalized spacial score (nSPS) is 22.8. The third-order valence-corrected chi connectivity index (χ3v) is 4.26. The number of hydrogen-bond acceptors (Lipinski definition) is 6. The van der Waals surface area contributed by atoms with Crippen molar-refractivity contribution in [2.45, 2.75) is 40.0 Å². The fourth-order valence-corrected chi connectivity index (χ4v) is 3.05. The molecule has 0 aliphatic carbocycles. The van der Waals surface area contributed by atoms with E-state index in [1.54, 1.807) is 0 Å². The lowest BCUT2D eigenvalue weighted by atomic mass is 10.3. The predicted molar refractivity (Wildman–Crippen MR) is 91.7 cm³/mol. The molecule has 0 N–H and O–H groups in total. The summed E-state index contributed by atoms with van der Waals surface area (Å²) in [5, 5.41) is 0. The van der Waals surface area contributed by atoms with E-state index in [0.717, 1.165) is 0 Å². The summed E-state index contributed by atoms with van der Waals surface area (Å²) in [5.41, 5.74) is 0. The first-order valence-electron chi connectivity index (χ1n) is 9.07. The van der Waals surface area contributed by atoms with Crippen LogP contribution in [0.2, 0.25) is 0 Å². The Morgan fingerprint density at radius 3 is 1.00 bits per heavy atom. The van der Waals surface area contributed by atoms with Crippen molar-refractivity contribution in [3.63, 3.8) is 0 Å². The molecule has 0 unspecified atom stereocenters. The number of nitrogens with zero attached hydrogens (tertiary/aromatic N) is 4. The van der Waals surface area contributed by atoms with Crippen molar-refractivity contribution in [1.29, 1.82) is 0 Å². The van der Waals surface area contributed by atoms with Gasteiger partial charge in [-0.25, -0.2) is 9.59 Å². The highest BCUT2D eigenvalue weighted by atomic mass is 16.5. The van der Waals surface area contributed by atoms with E-state index >= 15 is 0 Å². The first-order chi connectivity index (χ1) is 12.6. The van der Waals surface area contributed by atoms with E-state index in [1.165, 1.54) is 19.6 Å². The van der Waals surface area contributed by atoms with Crippen molar-refractivity contribution in [3.05, 3.63) is 0 Å². The fraction of sp³-hybridized carbons (Fsp3) is 0.875. The Labute approximate surface area is 154 Å². The van der Waals surface area contributed by atoms with Crippen LogP contribution in [0.15, 0.2) is 0 Å². The summed E-state index contributed by atoms with van der Waals surface area (Å²) in [6.07, 6.45) is -1.04. The average molecular weight is 374 g/mol. The highest BCUT2D eigenvalue weighted by Gasteiger charge is 2.59. The molecule has 0 spiro atoms. The molecule has 0 saturated carbocycles. The standard InChI is InChI=1S/C16H30N4O6/c1-5-23-9-17-13-14(19(15(17)21)11-25-7-3)20(12-26-8-4)16(22)18(13)10-24-6-2/h13-14H,5-12H2,1-4H3. The number of fused-ring (bicyclic) bond motifs is 1. The van der Waals surface area contributed by atoms with E-state index in [0.29, 0.717) is 26.4 Å². The van der Waals surface area contributed by atoms with E-state index in [2.05, 4.69) is 0 Å². The van der Waals surface area contributed by atoms with Gasteiger partial charge in [-0.3, -0.25) is 19.6 Å². The molecule has 2 saturated heterocycles. The van der Waals surface area contributed by atoms with E-state index in [1.807, 2.05) is 27.7 Å². The molecule has 0 aromatic rings. The number of ether oxygens (including phenoxy) is 4. The van der Waals surface area contributed by atoms with Crippen LogP contribution in [0.3, 0.4) is 0 Å². The smallest absolute Gasteiger partial charge is 0.327 e. The number of hydrogen-bond donors (Lipinski definition) is 0. The van der Waals surface area contributed by atoms with Gasteiger partial charge in [-0.05, 0) is 27.7 Å². The minimum absolute atomic E-state index is 0.0947. The molecule has 10 heteroatoms. The largest absolute Gasteiger partial charge is 0.361 e. The van der Waals surface area contributed by atoms with Crippen LogP contribution in [0.4, 0.5) is 9.59 Å². The quantitative estimate of drug-likeness (QED) is 0.508. The van der Waals surface area contributed by atoms with Crippen molar-refractivity contribution in [1.82, 2.24) is 19.6 Å². The zero-order valence-electron chi connectivity index (χ0n) is 16.0. The second-order valence-corrected chi connectivity index (χ2v) is 5.76. The summed E-state index contributed by atoms with van der Waals surface area (Å²) >= 11 is 0. The molecule has 0 bridgehead atoms. The minimum atomic E-state index is -0.519. The van der Waals surface area contributed by atoms with E-state index in [4.69, 9.17) is 18.9 Å². The Hall–Kier alpha value is -1.62. The first-order valence-corrected chi connectivity index (χ1v) is 9.07. The molecule has 2 rings (SSSR count). The van der Waals surface area contributed by atoms with Crippen molar-refractivity contribution < 1.29 is 28.5 Å². The molecule has 0 radical (unpaired) electrons. The molecule has 150 valence electrons. The summed E-state index contributed by atoms with van der Waals surface area (Å²) in [6.45, 7) is 9.67. The number of amides is 4. The lowest BCUT2D eigenvalue weighted by Crippen LogP contribution is -2.48. The average Bonchev–Trinajstić information content (AvgIpc) is 3.05. The van der Waals surface area contributed by atoms with E-state index in [-0.39, 0.29) is 39.0 Å². The van der Waals surface area contributed by atoms with Gasteiger partial charge in [-0.1, -0.05) is 0 Å². The molecule has 26 heavy (non-hydrogen) atoms. The number of carbonyl (C=O) groups excluding carboxylic acids is 2. The van der Waals surface area contributed by atoms with E-state index < -0.39 is 12.3 Å². The minimum Gasteiger partial charge on any atom is -0.361 e. The third-order valence-electron chi connectivity index (χ3n) is 4.26. The molecule has 2 aliphatic rings. The van der Waals surface area contributed by atoms with Gasteiger partial charge in [0.25, 0.3) is 0 Å². The summed E-state index contributed by atoms with van der Waals surface area (Å²) in [4.78, 5) is 32.0. The van der Waals surface area contributed by atoms with Crippen LogP contribution >= 0.6 is 0 Å². The maximum Gasteiger partial charge on any atom is 0.327 e. The van der Waals surface area contributed by atoms with Gasteiger partial charge in [0.15, 0.2) is 12.3 Å². The lowest BCUT2D eigenvalue weighted by molar-refractivity contribution is -0.0316. The summed E-state index contributed by atoms with van der Waals surface area (Å²) in [5.74, 6) is 0. The molecule has 0 atom stereocenters. The molecule has 0 aromatic heterocycles. The molecule has 0 aromatic carbocycles. The van der Waals surface area contributed by atoms with Crippen LogP contribution in [-0.2, 0) is 18.9 Å².